The number of hydrogen-bond donors (Lipinski definition) is 2. The Kier molecular flexibility index (Phi) is 6.85. The predicted octanol–water partition coefficient (Wildman–Crippen LogP) is 3.01. The molecule has 0 spiro atoms. The van der Waals surface area contributed by atoms with Crippen LogP contribution in [0.3, 0.4) is 0 Å². The summed E-state index contributed by atoms with van der Waals surface area (Å²) in [4.78, 5) is 12.5. The highest BCUT2D eigenvalue weighted by atomic mass is 32.2. The van der Waals surface area contributed by atoms with E-state index in [-0.39, 0.29) is 16.2 Å². The van der Waals surface area contributed by atoms with Crippen LogP contribution in [0.15, 0.2) is 47.4 Å². The summed E-state index contributed by atoms with van der Waals surface area (Å²) in [6, 6.07) is 12.4. The van der Waals surface area contributed by atoms with Crippen molar-refractivity contribution >= 4 is 15.9 Å². The molecule has 1 amide bonds. The fourth-order valence-electron chi connectivity index (χ4n) is 2.61. The molecular weight excluding hydrogens is 376 g/mol. The Hall–Kier alpha value is -2.38. The molecule has 6 nitrogen and oxygen atoms in total. The number of carbonyl (C=O) groups is 1. The van der Waals surface area contributed by atoms with Crippen molar-refractivity contribution < 1.29 is 17.9 Å². The van der Waals surface area contributed by atoms with Crippen molar-refractivity contribution in [1.29, 1.82) is 0 Å². The van der Waals surface area contributed by atoms with Gasteiger partial charge in [0.1, 0.15) is 12.4 Å². The summed E-state index contributed by atoms with van der Waals surface area (Å²) >= 11 is 0. The second kappa shape index (κ2) is 8.75. The minimum absolute atomic E-state index is 0.0564. The molecule has 2 aromatic rings. The quantitative estimate of drug-likeness (QED) is 0.695. The molecule has 0 aliphatic rings. The van der Waals surface area contributed by atoms with E-state index in [4.69, 9.17) is 4.74 Å². The maximum atomic E-state index is 12.4. The van der Waals surface area contributed by atoms with Crippen molar-refractivity contribution in [3.05, 3.63) is 59.2 Å². The molecule has 2 rings (SSSR count). The molecule has 2 N–H and O–H groups in total. The topological polar surface area (TPSA) is 84.5 Å². The van der Waals surface area contributed by atoms with Gasteiger partial charge in [0.05, 0.1) is 11.4 Å². The lowest BCUT2D eigenvalue weighted by Gasteiger charge is -2.19. The van der Waals surface area contributed by atoms with E-state index in [1.54, 1.807) is 13.0 Å². The lowest BCUT2D eigenvalue weighted by Crippen LogP contribution is -2.29. The van der Waals surface area contributed by atoms with E-state index in [9.17, 15) is 13.2 Å². The zero-order chi connectivity index (χ0) is 20.9. The third-order valence-corrected chi connectivity index (χ3v) is 5.82. The van der Waals surface area contributed by atoms with Crippen molar-refractivity contribution in [2.24, 2.45) is 0 Å². The van der Waals surface area contributed by atoms with Gasteiger partial charge in [-0.3, -0.25) is 4.79 Å². The summed E-state index contributed by atoms with van der Waals surface area (Å²) in [7, 11) is -2.27. The van der Waals surface area contributed by atoms with Gasteiger partial charge in [0.2, 0.25) is 10.0 Å². The van der Waals surface area contributed by atoms with E-state index >= 15 is 0 Å². The number of nitrogens with one attached hydrogen (secondary N) is 2. The Morgan fingerprint density at radius 1 is 1.07 bits per heavy atom. The largest absolute Gasteiger partial charge is 0.492 e. The number of rotatable bonds is 7. The Morgan fingerprint density at radius 3 is 2.29 bits per heavy atom. The standard InChI is InChI=1S/C21H28N2O4S/c1-15-6-11-18(28(25,26)22-5)14-19(15)20(24)23-12-13-27-17-9-7-16(8-10-17)21(2,3)4/h6-11,14,22H,12-13H2,1-5H3,(H,23,24). The van der Waals surface area contributed by atoms with Crippen LogP contribution in [0, 0.1) is 6.92 Å². The first-order chi connectivity index (χ1) is 13.0. The molecule has 2 aromatic carbocycles. The molecule has 152 valence electrons. The van der Waals surface area contributed by atoms with Crippen molar-refractivity contribution in [3.8, 4) is 5.75 Å². The second-order valence-corrected chi connectivity index (χ2v) is 9.45. The molecule has 0 fully saturated rings. The first kappa shape index (κ1) is 21.9. The lowest BCUT2D eigenvalue weighted by molar-refractivity contribution is 0.0946. The second-order valence-electron chi connectivity index (χ2n) is 7.56. The number of ether oxygens (including phenoxy) is 1. The van der Waals surface area contributed by atoms with Crippen LogP contribution in [0.5, 0.6) is 5.75 Å². The van der Waals surface area contributed by atoms with Gasteiger partial charge in [0.25, 0.3) is 5.91 Å². The van der Waals surface area contributed by atoms with Gasteiger partial charge in [-0.1, -0.05) is 39.0 Å². The highest BCUT2D eigenvalue weighted by Crippen LogP contribution is 2.24. The predicted molar refractivity (Wildman–Crippen MR) is 110 cm³/mol. The maximum Gasteiger partial charge on any atom is 0.251 e. The number of hydrogen-bond acceptors (Lipinski definition) is 4. The number of aryl methyl sites for hydroxylation is 1. The number of sulfonamides is 1. The molecule has 0 unspecified atom stereocenters. The fourth-order valence-corrected chi connectivity index (χ4v) is 3.37. The highest BCUT2D eigenvalue weighted by molar-refractivity contribution is 7.89. The van der Waals surface area contributed by atoms with E-state index in [1.807, 2.05) is 24.3 Å². The molecule has 0 atom stereocenters. The van der Waals surface area contributed by atoms with Crippen LogP contribution in [-0.2, 0) is 15.4 Å². The first-order valence-electron chi connectivity index (χ1n) is 9.10. The summed E-state index contributed by atoms with van der Waals surface area (Å²) in [6.45, 7) is 8.83. The van der Waals surface area contributed by atoms with E-state index in [0.29, 0.717) is 24.3 Å². The smallest absolute Gasteiger partial charge is 0.251 e. The zero-order valence-corrected chi connectivity index (χ0v) is 17.8. The monoisotopic (exact) mass is 404 g/mol. The minimum atomic E-state index is -3.60. The van der Waals surface area contributed by atoms with Gasteiger partial charge in [-0.2, -0.15) is 0 Å². The van der Waals surface area contributed by atoms with Crippen LogP contribution in [0.4, 0.5) is 0 Å². The third-order valence-electron chi connectivity index (χ3n) is 4.41. The summed E-state index contributed by atoms with van der Waals surface area (Å²) < 4.78 is 31.8. The normalized spacial score (nSPS) is 11.9. The van der Waals surface area contributed by atoms with Crippen LogP contribution in [0.2, 0.25) is 0 Å². The zero-order valence-electron chi connectivity index (χ0n) is 17.0. The average Bonchev–Trinajstić information content (AvgIpc) is 2.65. The van der Waals surface area contributed by atoms with Gasteiger partial charge in [-0.25, -0.2) is 13.1 Å². The van der Waals surface area contributed by atoms with Crippen molar-refractivity contribution in [2.45, 2.75) is 38.0 Å². The van der Waals surface area contributed by atoms with Gasteiger partial charge < -0.3 is 10.1 Å². The molecule has 0 aliphatic carbocycles. The van der Waals surface area contributed by atoms with Crippen LogP contribution >= 0.6 is 0 Å². The van der Waals surface area contributed by atoms with Crippen molar-refractivity contribution in [1.82, 2.24) is 10.0 Å². The molecule has 0 bridgehead atoms. The summed E-state index contributed by atoms with van der Waals surface area (Å²) in [5, 5.41) is 2.76. The lowest BCUT2D eigenvalue weighted by atomic mass is 9.87. The van der Waals surface area contributed by atoms with Gasteiger partial charge >= 0.3 is 0 Å². The Labute approximate surface area is 167 Å². The van der Waals surface area contributed by atoms with Crippen LogP contribution < -0.4 is 14.8 Å². The van der Waals surface area contributed by atoms with E-state index < -0.39 is 10.0 Å². The van der Waals surface area contributed by atoms with Gasteiger partial charge in [-0.05, 0) is 54.8 Å². The fraction of sp³-hybridized carbons (Fsp3) is 0.381. The summed E-state index contributed by atoms with van der Waals surface area (Å²) in [5.41, 5.74) is 2.33. The molecule has 0 aliphatic heterocycles. The molecule has 0 saturated heterocycles. The van der Waals surface area contributed by atoms with Crippen LogP contribution in [-0.4, -0.2) is 34.5 Å². The van der Waals surface area contributed by atoms with Gasteiger partial charge in [-0.15, -0.1) is 0 Å². The summed E-state index contributed by atoms with van der Waals surface area (Å²) in [6.07, 6.45) is 0. The average molecular weight is 405 g/mol. The third kappa shape index (κ3) is 5.56. The number of benzene rings is 2. The molecule has 7 heteroatoms. The Morgan fingerprint density at radius 2 is 1.71 bits per heavy atom. The van der Waals surface area contributed by atoms with Crippen LogP contribution in [0.1, 0.15) is 42.3 Å². The number of amides is 1. The molecule has 0 heterocycles. The molecule has 0 radical (unpaired) electrons. The Bertz CT molecular complexity index is 930. The SMILES string of the molecule is CNS(=O)(=O)c1ccc(C)c(C(=O)NCCOc2ccc(C(C)(C)C)cc2)c1. The van der Waals surface area contributed by atoms with Crippen molar-refractivity contribution in [2.75, 3.05) is 20.2 Å². The number of carbonyl (C=O) groups excluding carboxylic acids is 1. The molecular formula is C21H28N2O4S. The molecule has 28 heavy (non-hydrogen) atoms. The van der Waals surface area contributed by atoms with E-state index in [2.05, 4.69) is 30.8 Å². The van der Waals surface area contributed by atoms with Gasteiger partial charge in [0.15, 0.2) is 0 Å². The minimum Gasteiger partial charge on any atom is -0.492 e. The maximum absolute atomic E-state index is 12.4. The van der Waals surface area contributed by atoms with Crippen molar-refractivity contribution in [3.63, 3.8) is 0 Å². The first-order valence-corrected chi connectivity index (χ1v) is 10.6. The van der Waals surface area contributed by atoms with Crippen LogP contribution in [0.25, 0.3) is 0 Å². The Balaban J connectivity index is 1.93. The highest BCUT2D eigenvalue weighted by Gasteiger charge is 2.16. The van der Waals surface area contributed by atoms with E-state index in [0.717, 1.165) is 5.75 Å². The van der Waals surface area contributed by atoms with Gasteiger partial charge in [0, 0.05) is 5.56 Å². The summed E-state index contributed by atoms with van der Waals surface area (Å²) in [5.74, 6) is 0.401. The molecule has 0 saturated carbocycles. The van der Waals surface area contributed by atoms with E-state index in [1.165, 1.54) is 24.7 Å². The molecule has 0 aromatic heterocycles.